The molecule has 0 aliphatic heterocycles. The van der Waals surface area contributed by atoms with Gasteiger partial charge in [0, 0.05) is 11.1 Å². The third-order valence-corrected chi connectivity index (χ3v) is 6.24. The molecule has 1 aromatic heterocycles. The number of amides is 2. The second-order valence-corrected chi connectivity index (χ2v) is 12.1. The number of imide groups is 1. The minimum atomic E-state index is -0.788. The summed E-state index contributed by atoms with van der Waals surface area (Å²) >= 11 is 3.35. The van der Waals surface area contributed by atoms with Gasteiger partial charge in [-0.15, -0.1) is 0 Å². The SMILES string of the molecule is CC(C)(C)OC(=O)N(Cc1ccc(-c2nc3ccc(Br)c(O)c3nc2-c2ccccc2)cc1)C(=O)OC(C)(C)C. The number of fused-ring (bicyclic) bond motifs is 1. The molecule has 4 aromatic rings. The summed E-state index contributed by atoms with van der Waals surface area (Å²) in [7, 11) is 0. The largest absolute Gasteiger partial charge is 0.504 e. The number of hydrogen-bond donors (Lipinski definition) is 1. The lowest BCUT2D eigenvalue weighted by Gasteiger charge is -2.28. The Labute approximate surface area is 242 Å². The average molecular weight is 607 g/mol. The van der Waals surface area contributed by atoms with Crippen molar-refractivity contribution in [2.75, 3.05) is 0 Å². The zero-order chi connectivity index (χ0) is 29.2. The van der Waals surface area contributed by atoms with E-state index >= 15 is 0 Å². The first-order chi connectivity index (χ1) is 18.7. The fourth-order valence-electron chi connectivity index (χ4n) is 3.87. The van der Waals surface area contributed by atoms with Crippen LogP contribution in [0.4, 0.5) is 9.59 Å². The number of rotatable bonds is 4. The molecule has 0 saturated heterocycles. The Balaban J connectivity index is 1.72. The second kappa shape index (κ2) is 11.3. The summed E-state index contributed by atoms with van der Waals surface area (Å²) in [6, 6.07) is 20.5. The van der Waals surface area contributed by atoms with Gasteiger partial charge in [-0.1, -0.05) is 54.6 Å². The van der Waals surface area contributed by atoms with Crippen LogP contribution in [0.5, 0.6) is 5.75 Å². The number of halogens is 1. The zero-order valence-corrected chi connectivity index (χ0v) is 24.9. The predicted octanol–water partition coefficient (Wildman–Crippen LogP) is 8.10. The Bertz CT molecular complexity index is 1510. The molecule has 0 radical (unpaired) electrons. The Kier molecular flexibility index (Phi) is 8.16. The standard InChI is InChI=1S/C31H32BrN3O5/c1-30(2,3)39-28(37)35(29(38)40-31(4,5)6)18-19-12-14-21(15-13-19)24-25(20-10-8-7-9-11-20)34-26-23(33-24)17-16-22(32)27(26)36/h7-17,36H,18H2,1-6H3. The van der Waals surface area contributed by atoms with E-state index in [2.05, 4.69) is 15.9 Å². The molecule has 0 atom stereocenters. The molecule has 4 rings (SSSR count). The number of carbonyl (C=O) groups is 2. The highest BCUT2D eigenvalue weighted by molar-refractivity contribution is 9.10. The van der Waals surface area contributed by atoms with Crippen molar-refractivity contribution in [2.45, 2.75) is 59.3 Å². The van der Waals surface area contributed by atoms with Crippen LogP contribution in [0.3, 0.4) is 0 Å². The van der Waals surface area contributed by atoms with Crippen molar-refractivity contribution in [1.29, 1.82) is 0 Å². The molecule has 0 aliphatic rings. The van der Waals surface area contributed by atoms with E-state index in [0.29, 0.717) is 32.5 Å². The van der Waals surface area contributed by atoms with Gasteiger partial charge in [0.15, 0.2) is 5.75 Å². The molecule has 1 N–H and O–H groups in total. The molecule has 208 valence electrons. The number of benzene rings is 3. The average Bonchev–Trinajstić information content (AvgIpc) is 2.87. The van der Waals surface area contributed by atoms with Crippen LogP contribution in [0.1, 0.15) is 47.1 Å². The number of phenolic OH excluding ortho intramolecular Hbond substituents is 1. The minimum absolute atomic E-state index is 0.0217. The van der Waals surface area contributed by atoms with Crippen molar-refractivity contribution < 1.29 is 24.2 Å². The number of aromatic hydroxyl groups is 1. The van der Waals surface area contributed by atoms with E-state index in [4.69, 9.17) is 19.4 Å². The van der Waals surface area contributed by atoms with Crippen molar-refractivity contribution in [3.05, 3.63) is 76.8 Å². The van der Waals surface area contributed by atoms with Gasteiger partial charge < -0.3 is 14.6 Å². The molecule has 8 nitrogen and oxygen atoms in total. The first kappa shape index (κ1) is 29.0. The molecule has 0 saturated carbocycles. The van der Waals surface area contributed by atoms with Crippen LogP contribution in [0, 0.1) is 0 Å². The highest BCUT2D eigenvalue weighted by Crippen LogP contribution is 2.36. The molecule has 0 spiro atoms. The van der Waals surface area contributed by atoms with Gasteiger partial charge in [-0.3, -0.25) is 0 Å². The highest BCUT2D eigenvalue weighted by atomic mass is 79.9. The van der Waals surface area contributed by atoms with Crippen LogP contribution < -0.4 is 0 Å². The van der Waals surface area contributed by atoms with Gasteiger partial charge in [-0.05, 0) is 75.2 Å². The van der Waals surface area contributed by atoms with Crippen molar-refractivity contribution in [2.24, 2.45) is 0 Å². The Morgan fingerprint density at radius 2 is 1.30 bits per heavy atom. The number of hydrogen-bond acceptors (Lipinski definition) is 7. The Hall–Kier alpha value is -3.98. The molecular weight excluding hydrogens is 574 g/mol. The third-order valence-electron chi connectivity index (χ3n) is 5.60. The fraction of sp³-hybridized carbons (Fsp3) is 0.290. The lowest BCUT2D eigenvalue weighted by Crippen LogP contribution is -2.43. The predicted molar refractivity (Wildman–Crippen MR) is 158 cm³/mol. The van der Waals surface area contributed by atoms with E-state index in [1.54, 1.807) is 53.7 Å². The van der Waals surface area contributed by atoms with Crippen LogP contribution in [-0.4, -0.2) is 43.4 Å². The number of phenols is 1. The lowest BCUT2D eigenvalue weighted by molar-refractivity contribution is -0.000251. The summed E-state index contributed by atoms with van der Waals surface area (Å²) in [5, 5.41) is 10.6. The molecule has 9 heteroatoms. The van der Waals surface area contributed by atoms with Crippen LogP contribution in [0.25, 0.3) is 33.5 Å². The first-order valence-electron chi connectivity index (χ1n) is 12.8. The molecular formula is C31H32BrN3O5. The summed E-state index contributed by atoms with van der Waals surface area (Å²) in [5.74, 6) is 0.0217. The van der Waals surface area contributed by atoms with Gasteiger partial charge in [-0.25, -0.2) is 24.5 Å². The highest BCUT2D eigenvalue weighted by Gasteiger charge is 2.31. The zero-order valence-electron chi connectivity index (χ0n) is 23.4. The normalized spacial score (nSPS) is 11.8. The number of ether oxygens (including phenoxy) is 2. The van der Waals surface area contributed by atoms with Crippen molar-refractivity contribution in [1.82, 2.24) is 14.9 Å². The number of nitrogens with zero attached hydrogens (tertiary/aromatic N) is 3. The summed E-state index contributed by atoms with van der Waals surface area (Å²) in [6.45, 7) is 10.4. The van der Waals surface area contributed by atoms with Gasteiger partial charge in [-0.2, -0.15) is 0 Å². The monoisotopic (exact) mass is 605 g/mol. The quantitative estimate of drug-likeness (QED) is 0.250. The fourth-order valence-corrected chi connectivity index (χ4v) is 4.19. The first-order valence-corrected chi connectivity index (χ1v) is 13.6. The molecule has 1 heterocycles. The molecule has 3 aromatic carbocycles. The van der Waals surface area contributed by atoms with Crippen LogP contribution >= 0.6 is 15.9 Å². The summed E-state index contributed by atoms with van der Waals surface area (Å²) < 4.78 is 11.5. The maximum absolute atomic E-state index is 12.9. The van der Waals surface area contributed by atoms with E-state index in [1.165, 1.54) is 0 Å². The van der Waals surface area contributed by atoms with E-state index in [9.17, 15) is 14.7 Å². The van der Waals surface area contributed by atoms with E-state index in [0.717, 1.165) is 16.0 Å². The Morgan fingerprint density at radius 3 is 1.85 bits per heavy atom. The summed E-state index contributed by atoms with van der Waals surface area (Å²) in [6.07, 6.45) is -1.58. The minimum Gasteiger partial charge on any atom is -0.504 e. The van der Waals surface area contributed by atoms with Gasteiger partial charge in [0.2, 0.25) is 0 Å². The molecule has 0 bridgehead atoms. The van der Waals surface area contributed by atoms with E-state index in [1.807, 2.05) is 54.6 Å². The van der Waals surface area contributed by atoms with E-state index < -0.39 is 23.4 Å². The van der Waals surface area contributed by atoms with Crippen LogP contribution in [0.2, 0.25) is 0 Å². The molecule has 40 heavy (non-hydrogen) atoms. The molecule has 0 aliphatic carbocycles. The van der Waals surface area contributed by atoms with Crippen LogP contribution in [-0.2, 0) is 16.0 Å². The van der Waals surface area contributed by atoms with Crippen molar-refractivity contribution in [3.8, 4) is 28.3 Å². The van der Waals surface area contributed by atoms with Gasteiger partial charge >= 0.3 is 12.2 Å². The van der Waals surface area contributed by atoms with Crippen molar-refractivity contribution >= 4 is 39.1 Å². The lowest BCUT2D eigenvalue weighted by atomic mass is 10.0. The molecule has 0 fully saturated rings. The third kappa shape index (κ3) is 6.96. The molecule has 2 amide bonds. The van der Waals surface area contributed by atoms with E-state index in [-0.39, 0.29) is 12.3 Å². The number of aromatic nitrogens is 2. The maximum atomic E-state index is 12.9. The molecule has 0 unspecified atom stereocenters. The summed E-state index contributed by atoms with van der Waals surface area (Å²) in [5.41, 5.74) is 2.91. The smallest absolute Gasteiger partial charge is 0.420 e. The maximum Gasteiger partial charge on any atom is 0.420 e. The number of carbonyl (C=O) groups excluding carboxylic acids is 2. The van der Waals surface area contributed by atoms with Gasteiger partial charge in [0.05, 0.1) is 27.9 Å². The summed E-state index contributed by atoms with van der Waals surface area (Å²) in [4.78, 5) is 36.4. The van der Waals surface area contributed by atoms with Gasteiger partial charge in [0.25, 0.3) is 0 Å². The van der Waals surface area contributed by atoms with Crippen LogP contribution in [0.15, 0.2) is 71.2 Å². The topological polar surface area (TPSA) is 102 Å². The van der Waals surface area contributed by atoms with Gasteiger partial charge in [0.1, 0.15) is 16.7 Å². The second-order valence-electron chi connectivity index (χ2n) is 11.3. The Morgan fingerprint density at radius 1 is 0.775 bits per heavy atom. The van der Waals surface area contributed by atoms with Crippen molar-refractivity contribution in [3.63, 3.8) is 0 Å².